The molecule has 5 heteroatoms. The van der Waals surface area contributed by atoms with Crippen LogP contribution in [0, 0.1) is 4.91 Å². The quantitative estimate of drug-likeness (QED) is 0.493. The molecule has 0 bridgehead atoms. The highest BCUT2D eigenvalue weighted by Crippen LogP contribution is 2.28. The largest absolute Gasteiger partial charge is 0.505 e. The highest BCUT2D eigenvalue weighted by molar-refractivity contribution is 5.60. The second-order valence-corrected chi connectivity index (χ2v) is 2.80. The third-order valence-corrected chi connectivity index (χ3v) is 1.74. The van der Waals surface area contributed by atoms with Crippen LogP contribution in [0.2, 0.25) is 0 Å². The van der Waals surface area contributed by atoms with E-state index >= 15 is 0 Å². The molecule has 0 fully saturated rings. The number of phenolic OH excluding ortho intramolecular Hbond substituents is 1. The van der Waals surface area contributed by atoms with Crippen molar-refractivity contribution in [2.75, 3.05) is 18.5 Å². The van der Waals surface area contributed by atoms with Gasteiger partial charge in [0, 0.05) is 24.9 Å². The number of nitrogens with zero attached hydrogens (tertiary/aromatic N) is 1. The zero-order chi connectivity index (χ0) is 10.4. The Bertz CT molecular complexity index is 315. The van der Waals surface area contributed by atoms with Crippen LogP contribution in [-0.2, 0) is 0 Å². The van der Waals surface area contributed by atoms with Gasteiger partial charge in [-0.2, -0.15) is 0 Å². The third kappa shape index (κ3) is 2.70. The van der Waals surface area contributed by atoms with Crippen molar-refractivity contribution in [3.05, 3.63) is 23.1 Å². The van der Waals surface area contributed by atoms with Crippen LogP contribution in [0.4, 0.5) is 11.4 Å². The van der Waals surface area contributed by atoms with Gasteiger partial charge in [-0.1, -0.05) is 0 Å². The molecule has 5 nitrogen and oxygen atoms in total. The standard InChI is InChI=1S/C9H12N2O3/c12-5-1-4-10-7-2-3-8(11-14)9(13)6-7/h2-3,6,10,12-13H,1,4-5H2. The van der Waals surface area contributed by atoms with E-state index in [2.05, 4.69) is 10.5 Å². The Morgan fingerprint density at radius 3 is 2.79 bits per heavy atom. The Kier molecular flexibility index (Phi) is 3.87. The first-order valence-electron chi connectivity index (χ1n) is 4.29. The van der Waals surface area contributed by atoms with Gasteiger partial charge in [0.2, 0.25) is 0 Å². The Labute approximate surface area is 81.4 Å². The van der Waals surface area contributed by atoms with E-state index in [1.54, 1.807) is 6.07 Å². The number of rotatable bonds is 5. The van der Waals surface area contributed by atoms with Crippen molar-refractivity contribution in [1.29, 1.82) is 0 Å². The number of nitrogens with one attached hydrogen (secondary N) is 1. The average Bonchev–Trinajstić information content (AvgIpc) is 2.18. The average molecular weight is 196 g/mol. The van der Waals surface area contributed by atoms with E-state index in [0.717, 1.165) is 0 Å². The smallest absolute Gasteiger partial charge is 0.149 e. The van der Waals surface area contributed by atoms with Crippen LogP contribution in [-0.4, -0.2) is 23.4 Å². The molecule has 0 saturated carbocycles. The van der Waals surface area contributed by atoms with Crippen molar-refractivity contribution in [1.82, 2.24) is 0 Å². The van der Waals surface area contributed by atoms with Crippen molar-refractivity contribution in [3.63, 3.8) is 0 Å². The van der Waals surface area contributed by atoms with Crippen molar-refractivity contribution < 1.29 is 10.2 Å². The Morgan fingerprint density at radius 1 is 1.43 bits per heavy atom. The minimum absolute atomic E-state index is 0.0257. The maximum absolute atomic E-state index is 10.1. The van der Waals surface area contributed by atoms with Gasteiger partial charge >= 0.3 is 0 Å². The molecular formula is C9H12N2O3. The molecular weight excluding hydrogens is 184 g/mol. The zero-order valence-electron chi connectivity index (χ0n) is 7.60. The Hall–Kier alpha value is -1.62. The summed E-state index contributed by atoms with van der Waals surface area (Å²) < 4.78 is 0. The van der Waals surface area contributed by atoms with Crippen LogP contribution in [0.15, 0.2) is 23.4 Å². The van der Waals surface area contributed by atoms with Crippen molar-refractivity contribution in [2.24, 2.45) is 5.18 Å². The van der Waals surface area contributed by atoms with Crippen molar-refractivity contribution in [3.8, 4) is 5.75 Å². The van der Waals surface area contributed by atoms with Gasteiger partial charge in [0.1, 0.15) is 11.4 Å². The van der Waals surface area contributed by atoms with Gasteiger partial charge in [-0.15, -0.1) is 4.91 Å². The maximum Gasteiger partial charge on any atom is 0.149 e. The molecule has 0 saturated heterocycles. The second-order valence-electron chi connectivity index (χ2n) is 2.80. The van der Waals surface area contributed by atoms with Crippen LogP contribution in [0.1, 0.15) is 6.42 Å². The number of aliphatic hydroxyl groups is 1. The fourth-order valence-corrected chi connectivity index (χ4v) is 1.02. The summed E-state index contributed by atoms with van der Waals surface area (Å²) in [5.41, 5.74) is 0.723. The summed E-state index contributed by atoms with van der Waals surface area (Å²) >= 11 is 0. The molecule has 1 rings (SSSR count). The summed E-state index contributed by atoms with van der Waals surface area (Å²) in [4.78, 5) is 10.1. The highest BCUT2D eigenvalue weighted by atomic mass is 16.3. The summed E-state index contributed by atoms with van der Waals surface area (Å²) in [7, 11) is 0. The van der Waals surface area contributed by atoms with E-state index in [9.17, 15) is 10.0 Å². The molecule has 0 heterocycles. The van der Waals surface area contributed by atoms with E-state index in [-0.39, 0.29) is 18.0 Å². The molecule has 0 atom stereocenters. The predicted octanol–water partition coefficient (Wildman–Crippen LogP) is 1.58. The zero-order valence-corrected chi connectivity index (χ0v) is 7.60. The molecule has 0 aliphatic heterocycles. The minimum Gasteiger partial charge on any atom is -0.505 e. The molecule has 0 aliphatic rings. The van der Waals surface area contributed by atoms with E-state index in [1.807, 2.05) is 0 Å². The van der Waals surface area contributed by atoms with Crippen LogP contribution >= 0.6 is 0 Å². The molecule has 0 amide bonds. The SMILES string of the molecule is O=Nc1ccc(NCCCO)cc1O. The summed E-state index contributed by atoms with van der Waals surface area (Å²) in [6.07, 6.45) is 0.633. The molecule has 14 heavy (non-hydrogen) atoms. The number of phenols is 1. The number of aromatic hydroxyl groups is 1. The normalized spacial score (nSPS) is 9.79. The molecule has 1 aromatic rings. The summed E-state index contributed by atoms with van der Waals surface area (Å²) in [5, 5.41) is 23.4. The number of hydrogen-bond acceptors (Lipinski definition) is 5. The number of nitroso groups, excluding NO2 is 1. The molecule has 3 N–H and O–H groups in total. The van der Waals surface area contributed by atoms with Gasteiger partial charge in [-0.25, -0.2) is 0 Å². The molecule has 1 aromatic carbocycles. The summed E-state index contributed by atoms with van der Waals surface area (Å²) in [6, 6.07) is 4.51. The number of benzene rings is 1. The first-order valence-corrected chi connectivity index (χ1v) is 4.29. The molecule has 0 unspecified atom stereocenters. The number of hydrogen-bond donors (Lipinski definition) is 3. The lowest BCUT2D eigenvalue weighted by Crippen LogP contribution is -2.02. The molecule has 0 radical (unpaired) electrons. The van der Waals surface area contributed by atoms with Gasteiger partial charge in [-0.05, 0) is 23.7 Å². The predicted molar refractivity (Wildman–Crippen MR) is 53.8 cm³/mol. The topological polar surface area (TPSA) is 81.9 Å². The second kappa shape index (κ2) is 5.18. The third-order valence-electron chi connectivity index (χ3n) is 1.74. The lowest BCUT2D eigenvalue weighted by molar-refractivity contribution is 0.292. The van der Waals surface area contributed by atoms with E-state index in [0.29, 0.717) is 18.7 Å². The van der Waals surface area contributed by atoms with E-state index in [1.165, 1.54) is 12.1 Å². The van der Waals surface area contributed by atoms with Crippen LogP contribution in [0.25, 0.3) is 0 Å². The molecule has 0 aromatic heterocycles. The first kappa shape index (κ1) is 10.5. The van der Waals surface area contributed by atoms with Crippen LogP contribution in [0.3, 0.4) is 0 Å². The number of anilines is 1. The van der Waals surface area contributed by atoms with E-state index in [4.69, 9.17) is 5.11 Å². The lowest BCUT2D eigenvalue weighted by Gasteiger charge is -2.05. The Morgan fingerprint density at radius 2 is 2.21 bits per heavy atom. The van der Waals surface area contributed by atoms with Gasteiger partial charge in [-0.3, -0.25) is 0 Å². The summed E-state index contributed by atoms with van der Waals surface area (Å²) in [6.45, 7) is 0.733. The van der Waals surface area contributed by atoms with Crippen LogP contribution in [0.5, 0.6) is 5.75 Å². The van der Waals surface area contributed by atoms with Gasteiger partial charge in [0.15, 0.2) is 0 Å². The minimum atomic E-state index is -0.144. The molecule has 0 spiro atoms. The van der Waals surface area contributed by atoms with Gasteiger partial charge < -0.3 is 15.5 Å². The van der Waals surface area contributed by atoms with E-state index < -0.39 is 0 Å². The first-order chi connectivity index (χ1) is 6.77. The highest BCUT2D eigenvalue weighted by Gasteiger charge is 2.01. The number of aliphatic hydroxyl groups excluding tert-OH is 1. The monoisotopic (exact) mass is 196 g/mol. The van der Waals surface area contributed by atoms with Crippen LogP contribution < -0.4 is 5.32 Å². The van der Waals surface area contributed by atoms with Gasteiger partial charge in [0.25, 0.3) is 0 Å². The fraction of sp³-hybridized carbons (Fsp3) is 0.333. The summed E-state index contributed by atoms with van der Waals surface area (Å²) in [5.74, 6) is -0.144. The fourth-order valence-electron chi connectivity index (χ4n) is 1.02. The molecule has 76 valence electrons. The van der Waals surface area contributed by atoms with Crippen molar-refractivity contribution >= 4 is 11.4 Å². The lowest BCUT2D eigenvalue weighted by atomic mass is 10.2. The van der Waals surface area contributed by atoms with Crippen molar-refractivity contribution in [2.45, 2.75) is 6.42 Å². The Balaban J connectivity index is 2.62. The maximum atomic E-state index is 10.1. The molecule has 0 aliphatic carbocycles. The van der Waals surface area contributed by atoms with Gasteiger partial charge in [0.05, 0.1) is 0 Å².